The monoisotopic (exact) mass is 371 g/mol. The molecule has 0 atom stereocenters. The van der Waals surface area contributed by atoms with Gasteiger partial charge < -0.3 is 0 Å². The second-order valence-electron chi connectivity index (χ2n) is 6.76. The summed E-state index contributed by atoms with van der Waals surface area (Å²) in [5.74, 6) is 6.33. The summed E-state index contributed by atoms with van der Waals surface area (Å²) in [5.41, 5.74) is 1.44. The summed E-state index contributed by atoms with van der Waals surface area (Å²) in [6.45, 7) is 8.22. The summed E-state index contributed by atoms with van der Waals surface area (Å²) in [4.78, 5) is 2.30. The lowest BCUT2D eigenvalue weighted by molar-refractivity contribution is 0.365. The zero-order valence-corrected chi connectivity index (χ0v) is 16.2. The number of rotatable bonds is 4. The van der Waals surface area contributed by atoms with E-state index in [1.807, 2.05) is 6.08 Å². The molecule has 0 heterocycles. The number of benzene rings is 2. The van der Waals surface area contributed by atoms with Crippen molar-refractivity contribution < 1.29 is 0 Å². The van der Waals surface area contributed by atoms with E-state index < -0.39 is 0 Å². The molecule has 2 rings (SSSR count). The van der Waals surface area contributed by atoms with Gasteiger partial charge in [0.05, 0.1) is 0 Å². The third kappa shape index (κ3) is 6.60. The van der Waals surface area contributed by atoms with Gasteiger partial charge in [-0.2, -0.15) is 0 Å². The third-order valence-electron chi connectivity index (χ3n) is 3.39. The van der Waals surface area contributed by atoms with Gasteiger partial charge in [0, 0.05) is 18.5 Å². The standard InChI is InChI=1S/C21H25N.BrH/c1-21(2,3)15-8-5-9-16-22(4)17-19-13-10-12-18-11-6-7-14-20(18)19;/h5-7,9-14H,16-17H2,1-4H3;1H/b9-5+;. The fraction of sp³-hybridized carbons (Fsp3) is 0.333. The number of allylic oxidation sites excluding steroid dienone is 1. The Kier molecular flexibility index (Phi) is 7.55. The van der Waals surface area contributed by atoms with Crippen LogP contribution in [0.25, 0.3) is 10.8 Å². The van der Waals surface area contributed by atoms with Crippen molar-refractivity contribution >= 4 is 27.8 Å². The van der Waals surface area contributed by atoms with Crippen molar-refractivity contribution in [1.29, 1.82) is 0 Å². The van der Waals surface area contributed by atoms with Crippen LogP contribution >= 0.6 is 17.0 Å². The molecule has 2 aromatic rings. The lowest BCUT2D eigenvalue weighted by Crippen LogP contribution is -2.17. The Hall–Kier alpha value is -1.56. The van der Waals surface area contributed by atoms with Crippen LogP contribution in [0.1, 0.15) is 26.3 Å². The quantitative estimate of drug-likeness (QED) is 0.645. The summed E-state index contributed by atoms with van der Waals surface area (Å²) >= 11 is 0. The van der Waals surface area contributed by atoms with Crippen LogP contribution in [0.3, 0.4) is 0 Å². The molecule has 0 aliphatic rings. The lowest BCUT2D eigenvalue weighted by Gasteiger charge is -2.15. The maximum atomic E-state index is 3.21. The van der Waals surface area contributed by atoms with Crippen molar-refractivity contribution in [2.45, 2.75) is 27.3 Å². The van der Waals surface area contributed by atoms with Crippen molar-refractivity contribution in [3.8, 4) is 11.8 Å². The van der Waals surface area contributed by atoms with Gasteiger partial charge in [0.2, 0.25) is 0 Å². The number of hydrogen-bond donors (Lipinski definition) is 0. The first-order chi connectivity index (χ1) is 10.5. The minimum Gasteiger partial charge on any atom is -0.298 e. The van der Waals surface area contributed by atoms with E-state index in [0.29, 0.717) is 0 Å². The second kappa shape index (κ2) is 8.91. The molecule has 0 N–H and O–H groups in total. The molecule has 0 saturated carbocycles. The summed E-state index contributed by atoms with van der Waals surface area (Å²) in [7, 11) is 2.14. The van der Waals surface area contributed by atoms with Gasteiger partial charge in [-0.15, -0.1) is 17.0 Å². The Morgan fingerprint density at radius 1 is 1.04 bits per heavy atom. The predicted octanol–water partition coefficient (Wildman–Crippen LogP) is 5.46. The average Bonchev–Trinajstić information content (AvgIpc) is 2.46. The van der Waals surface area contributed by atoms with Crippen LogP contribution in [0.15, 0.2) is 54.6 Å². The molecule has 0 bridgehead atoms. The number of nitrogens with zero attached hydrogens (tertiary/aromatic N) is 1. The van der Waals surface area contributed by atoms with Crippen molar-refractivity contribution in [2.75, 3.05) is 13.6 Å². The second-order valence-corrected chi connectivity index (χ2v) is 6.76. The van der Waals surface area contributed by atoms with Gasteiger partial charge in [-0.1, -0.05) is 60.4 Å². The summed E-state index contributed by atoms with van der Waals surface area (Å²) < 4.78 is 0. The van der Waals surface area contributed by atoms with Gasteiger partial charge in [-0.3, -0.25) is 4.90 Å². The predicted molar refractivity (Wildman–Crippen MR) is 107 cm³/mol. The molecular formula is C21H26BrN. The molecule has 2 heteroatoms. The molecule has 2 aromatic carbocycles. The Balaban J connectivity index is 0.00000264. The van der Waals surface area contributed by atoms with Crippen LogP contribution in [0, 0.1) is 17.3 Å². The first-order valence-corrected chi connectivity index (χ1v) is 7.78. The van der Waals surface area contributed by atoms with Crippen LogP contribution in [0.2, 0.25) is 0 Å². The van der Waals surface area contributed by atoms with E-state index in [-0.39, 0.29) is 22.4 Å². The summed E-state index contributed by atoms with van der Waals surface area (Å²) in [6.07, 6.45) is 4.09. The van der Waals surface area contributed by atoms with Gasteiger partial charge >= 0.3 is 0 Å². The van der Waals surface area contributed by atoms with E-state index >= 15 is 0 Å². The molecule has 0 aromatic heterocycles. The largest absolute Gasteiger partial charge is 0.298 e. The van der Waals surface area contributed by atoms with Gasteiger partial charge in [0.15, 0.2) is 0 Å². The van der Waals surface area contributed by atoms with Crippen molar-refractivity contribution in [3.05, 3.63) is 60.2 Å². The van der Waals surface area contributed by atoms with Crippen LogP contribution in [-0.2, 0) is 6.54 Å². The SMILES string of the molecule is Br.CN(C/C=C/C#CC(C)(C)C)Cc1cccc2ccccc12. The first-order valence-electron chi connectivity index (χ1n) is 7.78. The molecule has 0 spiro atoms. The number of fused-ring (bicyclic) bond motifs is 1. The van der Waals surface area contributed by atoms with Crippen molar-refractivity contribution in [2.24, 2.45) is 5.41 Å². The number of halogens is 1. The van der Waals surface area contributed by atoms with Crippen LogP contribution in [0.5, 0.6) is 0 Å². The molecule has 0 saturated heterocycles. The van der Waals surface area contributed by atoms with Gasteiger partial charge in [0.1, 0.15) is 0 Å². The summed E-state index contributed by atoms with van der Waals surface area (Å²) in [6, 6.07) is 15.1. The molecular weight excluding hydrogens is 346 g/mol. The van der Waals surface area contributed by atoms with E-state index in [2.05, 4.69) is 93.1 Å². The lowest BCUT2D eigenvalue weighted by atomic mass is 9.98. The molecule has 122 valence electrons. The fourth-order valence-electron chi connectivity index (χ4n) is 2.34. The maximum absolute atomic E-state index is 3.21. The highest BCUT2D eigenvalue weighted by Crippen LogP contribution is 2.19. The normalized spacial score (nSPS) is 11.3. The Bertz CT molecular complexity index is 708. The van der Waals surface area contributed by atoms with Crippen LogP contribution in [0.4, 0.5) is 0 Å². The van der Waals surface area contributed by atoms with E-state index in [0.717, 1.165) is 13.1 Å². The third-order valence-corrected chi connectivity index (χ3v) is 3.39. The summed E-state index contributed by atoms with van der Waals surface area (Å²) in [5, 5.41) is 2.65. The fourth-order valence-corrected chi connectivity index (χ4v) is 2.34. The van der Waals surface area contributed by atoms with Crippen LogP contribution in [-0.4, -0.2) is 18.5 Å². The van der Waals surface area contributed by atoms with E-state index in [4.69, 9.17) is 0 Å². The highest BCUT2D eigenvalue weighted by Gasteiger charge is 2.03. The van der Waals surface area contributed by atoms with E-state index in [1.165, 1.54) is 16.3 Å². The Morgan fingerprint density at radius 3 is 2.48 bits per heavy atom. The highest BCUT2D eigenvalue weighted by atomic mass is 79.9. The van der Waals surface area contributed by atoms with Crippen LogP contribution < -0.4 is 0 Å². The minimum absolute atomic E-state index is 0. The molecule has 0 radical (unpaired) electrons. The average molecular weight is 372 g/mol. The minimum atomic E-state index is 0. The highest BCUT2D eigenvalue weighted by molar-refractivity contribution is 8.93. The van der Waals surface area contributed by atoms with E-state index in [1.54, 1.807) is 0 Å². The van der Waals surface area contributed by atoms with Gasteiger partial charge in [0.25, 0.3) is 0 Å². The zero-order valence-electron chi connectivity index (χ0n) is 14.5. The molecule has 0 aliphatic carbocycles. The topological polar surface area (TPSA) is 3.24 Å². The Morgan fingerprint density at radius 2 is 1.74 bits per heavy atom. The van der Waals surface area contributed by atoms with Gasteiger partial charge in [-0.05, 0) is 50.2 Å². The molecule has 0 amide bonds. The molecule has 0 unspecified atom stereocenters. The Labute approximate surface area is 151 Å². The van der Waals surface area contributed by atoms with E-state index in [9.17, 15) is 0 Å². The molecule has 23 heavy (non-hydrogen) atoms. The number of hydrogen-bond acceptors (Lipinski definition) is 1. The van der Waals surface area contributed by atoms with Crippen molar-refractivity contribution in [3.63, 3.8) is 0 Å². The maximum Gasteiger partial charge on any atom is 0.0240 e. The van der Waals surface area contributed by atoms with Gasteiger partial charge in [-0.25, -0.2) is 0 Å². The molecule has 0 aliphatic heterocycles. The molecule has 1 nitrogen and oxygen atoms in total. The first kappa shape index (κ1) is 19.5. The zero-order chi connectivity index (χ0) is 16.0. The number of likely N-dealkylation sites (N-methyl/N-ethyl adjacent to an activating group) is 1. The molecule has 0 fully saturated rings. The van der Waals surface area contributed by atoms with Crippen molar-refractivity contribution in [1.82, 2.24) is 4.90 Å². The smallest absolute Gasteiger partial charge is 0.0240 e.